The van der Waals surface area contributed by atoms with Gasteiger partial charge in [-0.3, -0.25) is 4.79 Å². The predicted molar refractivity (Wildman–Crippen MR) is 134 cm³/mol. The second-order valence-electron chi connectivity index (χ2n) is 9.90. The zero-order valence-corrected chi connectivity index (χ0v) is 20.9. The number of amides is 1. The topological polar surface area (TPSA) is 66.9 Å². The van der Waals surface area contributed by atoms with Crippen molar-refractivity contribution in [1.82, 2.24) is 9.21 Å². The lowest BCUT2D eigenvalue weighted by atomic mass is 9.78. The molecule has 0 radical (unpaired) electrons. The van der Waals surface area contributed by atoms with Gasteiger partial charge in [-0.05, 0) is 56.7 Å². The Kier molecular flexibility index (Phi) is 7.94. The fraction of sp³-hybridized carbons (Fsp3) is 0.519. The summed E-state index contributed by atoms with van der Waals surface area (Å²) < 4.78 is 34.5. The Hall–Kier alpha value is -2.38. The van der Waals surface area contributed by atoms with Gasteiger partial charge in [-0.15, -0.1) is 0 Å². The number of likely N-dealkylation sites (tertiary alicyclic amines) is 1. The molecular formula is C27H36N2O4S. The third-order valence-corrected chi connectivity index (χ3v) is 8.77. The average Bonchev–Trinajstić information content (AvgIpc) is 2.84. The Bertz CT molecular complexity index is 1070. The van der Waals surface area contributed by atoms with Crippen LogP contribution in [0.25, 0.3) is 0 Å². The highest BCUT2D eigenvalue weighted by Crippen LogP contribution is 2.37. The van der Waals surface area contributed by atoms with Gasteiger partial charge in [-0.25, -0.2) is 12.7 Å². The molecule has 0 aromatic heterocycles. The van der Waals surface area contributed by atoms with E-state index in [2.05, 4.69) is 0 Å². The molecule has 2 saturated heterocycles. The van der Waals surface area contributed by atoms with Crippen LogP contribution in [0.3, 0.4) is 0 Å². The average molecular weight is 485 g/mol. The van der Waals surface area contributed by atoms with Crippen LogP contribution in [0.1, 0.15) is 49.7 Å². The second kappa shape index (κ2) is 10.9. The van der Waals surface area contributed by atoms with Crippen molar-refractivity contribution in [3.8, 4) is 5.75 Å². The maximum atomic E-state index is 13.4. The Morgan fingerprint density at radius 3 is 2.47 bits per heavy atom. The van der Waals surface area contributed by atoms with Gasteiger partial charge in [0.2, 0.25) is 15.9 Å². The maximum absolute atomic E-state index is 13.4. The van der Waals surface area contributed by atoms with Gasteiger partial charge >= 0.3 is 0 Å². The molecule has 2 aliphatic heterocycles. The van der Waals surface area contributed by atoms with Crippen molar-refractivity contribution in [3.05, 3.63) is 65.7 Å². The summed E-state index contributed by atoms with van der Waals surface area (Å²) in [5.74, 6) is 0.839. The number of aryl methyl sites for hydroxylation is 1. The second-order valence-corrected chi connectivity index (χ2v) is 11.9. The molecule has 2 aromatic rings. The highest BCUT2D eigenvalue weighted by Gasteiger charge is 2.42. The van der Waals surface area contributed by atoms with E-state index in [1.54, 1.807) is 4.31 Å². The lowest BCUT2D eigenvalue weighted by Crippen LogP contribution is -2.51. The van der Waals surface area contributed by atoms with E-state index in [1.165, 1.54) is 0 Å². The SMILES string of the molecule is Cc1cccc(CS(=O)(=O)N2CCCC(COc3ccccc3)(CC(=O)N3CCCCC3)C2)c1. The number of nitrogens with zero attached hydrogens (tertiary/aromatic N) is 2. The molecule has 184 valence electrons. The Morgan fingerprint density at radius 2 is 1.74 bits per heavy atom. The molecule has 0 saturated carbocycles. The Balaban J connectivity index is 1.53. The van der Waals surface area contributed by atoms with Crippen LogP contribution < -0.4 is 4.74 Å². The lowest BCUT2D eigenvalue weighted by Gasteiger charge is -2.42. The normalized spacial score (nSPS) is 21.9. The molecule has 0 bridgehead atoms. The Morgan fingerprint density at radius 1 is 0.971 bits per heavy atom. The smallest absolute Gasteiger partial charge is 0.223 e. The van der Waals surface area contributed by atoms with Gasteiger partial charge in [-0.1, -0.05) is 48.0 Å². The first-order chi connectivity index (χ1) is 16.4. The highest BCUT2D eigenvalue weighted by atomic mass is 32.2. The van der Waals surface area contributed by atoms with Crippen LogP contribution in [0.4, 0.5) is 0 Å². The molecule has 0 spiro atoms. The number of hydrogen-bond acceptors (Lipinski definition) is 4. The number of benzene rings is 2. The van der Waals surface area contributed by atoms with Crippen molar-refractivity contribution in [2.24, 2.45) is 5.41 Å². The molecule has 1 amide bonds. The van der Waals surface area contributed by atoms with Crippen LogP contribution in [0, 0.1) is 12.3 Å². The van der Waals surface area contributed by atoms with Crippen molar-refractivity contribution in [3.63, 3.8) is 0 Å². The molecule has 0 N–H and O–H groups in total. The zero-order chi connectivity index (χ0) is 24.0. The van der Waals surface area contributed by atoms with E-state index in [-0.39, 0.29) is 11.7 Å². The van der Waals surface area contributed by atoms with E-state index in [0.717, 1.165) is 62.1 Å². The summed E-state index contributed by atoms with van der Waals surface area (Å²) in [5.41, 5.74) is 1.30. The maximum Gasteiger partial charge on any atom is 0.223 e. The van der Waals surface area contributed by atoms with Crippen molar-refractivity contribution in [2.45, 2.75) is 51.2 Å². The summed E-state index contributed by atoms with van der Waals surface area (Å²) in [7, 11) is -3.51. The first-order valence-electron chi connectivity index (χ1n) is 12.3. The van der Waals surface area contributed by atoms with E-state index < -0.39 is 15.4 Å². The van der Waals surface area contributed by atoms with Crippen LogP contribution in [0.2, 0.25) is 0 Å². The monoisotopic (exact) mass is 484 g/mol. The Labute approximate surface area is 204 Å². The van der Waals surface area contributed by atoms with Crippen LogP contribution in [0.15, 0.2) is 54.6 Å². The molecule has 4 rings (SSSR count). The fourth-order valence-electron chi connectivity index (χ4n) is 5.15. The summed E-state index contributed by atoms with van der Waals surface area (Å²) in [6, 6.07) is 17.2. The first-order valence-corrected chi connectivity index (χ1v) is 14.0. The summed E-state index contributed by atoms with van der Waals surface area (Å²) in [6.07, 6.45) is 5.05. The highest BCUT2D eigenvalue weighted by molar-refractivity contribution is 7.88. The molecule has 7 heteroatoms. The van der Waals surface area contributed by atoms with Crippen molar-refractivity contribution in [2.75, 3.05) is 32.8 Å². The minimum Gasteiger partial charge on any atom is -0.493 e. The molecule has 34 heavy (non-hydrogen) atoms. The van der Waals surface area contributed by atoms with Gasteiger partial charge in [0.1, 0.15) is 5.75 Å². The minimum absolute atomic E-state index is 0.0234. The molecule has 6 nitrogen and oxygen atoms in total. The number of piperidine rings is 2. The van der Waals surface area contributed by atoms with Gasteiger partial charge < -0.3 is 9.64 Å². The first kappa shape index (κ1) is 24.7. The van der Waals surface area contributed by atoms with Crippen LogP contribution in [0.5, 0.6) is 5.75 Å². The number of carbonyl (C=O) groups excluding carboxylic acids is 1. The standard InChI is InChI=1S/C27H36N2O4S/c1-23-10-8-11-24(18-23)20-34(31,32)29-17-9-14-27(21-29,22-33-25-12-4-2-5-13-25)19-26(30)28-15-6-3-7-16-28/h2,4-5,8,10-13,18H,3,6-7,9,14-17,19-22H2,1H3. The molecule has 1 atom stereocenters. The van der Waals surface area contributed by atoms with Crippen LogP contribution in [-0.4, -0.2) is 56.3 Å². The predicted octanol–water partition coefficient (Wildman–Crippen LogP) is 4.39. The van der Waals surface area contributed by atoms with Crippen molar-refractivity contribution < 1.29 is 17.9 Å². The van der Waals surface area contributed by atoms with E-state index >= 15 is 0 Å². The minimum atomic E-state index is -3.51. The van der Waals surface area contributed by atoms with Crippen LogP contribution in [-0.2, 0) is 20.6 Å². The molecular weight excluding hydrogens is 448 g/mol. The van der Waals surface area contributed by atoms with Gasteiger partial charge in [0, 0.05) is 38.0 Å². The molecule has 0 aliphatic carbocycles. The fourth-order valence-corrected chi connectivity index (χ4v) is 6.81. The number of sulfonamides is 1. The molecule has 2 aromatic carbocycles. The van der Waals surface area contributed by atoms with Crippen molar-refractivity contribution in [1.29, 1.82) is 0 Å². The number of ether oxygens (including phenoxy) is 1. The third kappa shape index (κ3) is 6.39. The van der Waals surface area contributed by atoms with Gasteiger partial charge in [0.15, 0.2) is 0 Å². The summed E-state index contributed by atoms with van der Waals surface area (Å²) >= 11 is 0. The number of rotatable bonds is 8. The summed E-state index contributed by atoms with van der Waals surface area (Å²) in [4.78, 5) is 15.2. The molecule has 2 aliphatic rings. The van der Waals surface area contributed by atoms with E-state index in [1.807, 2.05) is 66.4 Å². The number of carbonyl (C=O) groups is 1. The number of para-hydroxylation sites is 1. The van der Waals surface area contributed by atoms with E-state index in [4.69, 9.17) is 4.74 Å². The van der Waals surface area contributed by atoms with E-state index in [0.29, 0.717) is 26.1 Å². The third-order valence-electron chi connectivity index (χ3n) is 6.97. The molecule has 2 fully saturated rings. The van der Waals surface area contributed by atoms with E-state index in [9.17, 15) is 13.2 Å². The van der Waals surface area contributed by atoms with Gasteiger partial charge in [0.05, 0.1) is 12.4 Å². The van der Waals surface area contributed by atoms with Crippen molar-refractivity contribution >= 4 is 15.9 Å². The van der Waals surface area contributed by atoms with Crippen LogP contribution >= 0.6 is 0 Å². The molecule has 2 heterocycles. The largest absolute Gasteiger partial charge is 0.493 e. The quantitative estimate of drug-likeness (QED) is 0.557. The summed E-state index contributed by atoms with van der Waals surface area (Å²) in [6.45, 7) is 4.68. The summed E-state index contributed by atoms with van der Waals surface area (Å²) in [5, 5.41) is 0. The van der Waals surface area contributed by atoms with Gasteiger partial charge in [-0.2, -0.15) is 0 Å². The molecule has 1 unspecified atom stereocenters. The lowest BCUT2D eigenvalue weighted by molar-refractivity contribution is -0.136. The zero-order valence-electron chi connectivity index (χ0n) is 20.1. The number of hydrogen-bond donors (Lipinski definition) is 0. The van der Waals surface area contributed by atoms with Gasteiger partial charge in [0.25, 0.3) is 0 Å².